The number of hydrogen-bond acceptors (Lipinski definition) is 3. The molecule has 0 aliphatic rings. The van der Waals surface area contributed by atoms with Crippen LogP contribution in [-0.2, 0) is 22.5 Å². The van der Waals surface area contributed by atoms with Gasteiger partial charge in [0.1, 0.15) is 0 Å². The van der Waals surface area contributed by atoms with Crippen molar-refractivity contribution < 1.29 is 9.53 Å². The Labute approximate surface area is 137 Å². The second-order valence-electron chi connectivity index (χ2n) is 5.47. The van der Waals surface area contributed by atoms with E-state index in [9.17, 15) is 4.79 Å². The Morgan fingerprint density at radius 3 is 2.52 bits per heavy atom. The molecule has 0 heterocycles. The van der Waals surface area contributed by atoms with Gasteiger partial charge in [0.2, 0.25) is 0 Å². The Morgan fingerprint density at radius 1 is 1.17 bits per heavy atom. The first-order valence-electron chi connectivity index (χ1n) is 7.52. The van der Waals surface area contributed by atoms with E-state index in [1.165, 1.54) is 18.2 Å². The Kier molecular flexibility index (Phi) is 5.82. The van der Waals surface area contributed by atoms with Crippen LogP contribution in [0.1, 0.15) is 16.7 Å². The topological polar surface area (TPSA) is 29.5 Å². The summed E-state index contributed by atoms with van der Waals surface area (Å²) in [7, 11) is 1.40. The van der Waals surface area contributed by atoms with Crippen LogP contribution in [0, 0.1) is 19.3 Å². The molecule has 0 N–H and O–H groups in total. The molecular weight excluding hydrogens is 286 g/mol. The third-order valence-electron chi connectivity index (χ3n) is 3.62. The highest BCUT2D eigenvalue weighted by atomic mass is 16.5. The Bertz CT molecular complexity index is 698. The van der Waals surface area contributed by atoms with E-state index in [1.54, 1.807) is 0 Å². The second-order valence-corrected chi connectivity index (χ2v) is 5.47. The van der Waals surface area contributed by atoms with Crippen molar-refractivity contribution in [1.82, 2.24) is 0 Å². The van der Waals surface area contributed by atoms with Gasteiger partial charge in [0.15, 0.2) is 0 Å². The summed E-state index contributed by atoms with van der Waals surface area (Å²) in [5.74, 6) is 2.47. The van der Waals surface area contributed by atoms with E-state index in [0.29, 0.717) is 6.54 Å². The number of methoxy groups -OCH3 is 1. The SMILES string of the molecule is C#CCN(Cc1cccc(C)c1)c1ccc(CC(=O)OC)cc1. The molecule has 0 amide bonds. The maximum atomic E-state index is 11.3. The zero-order valence-corrected chi connectivity index (χ0v) is 13.6. The van der Waals surface area contributed by atoms with Crippen LogP contribution < -0.4 is 4.90 Å². The minimum absolute atomic E-state index is 0.238. The summed E-state index contributed by atoms with van der Waals surface area (Å²) in [5, 5.41) is 0. The number of benzene rings is 2. The van der Waals surface area contributed by atoms with E-state index in [1.807, 2.05) is 24.3 Å². The molecule has 2 rings (SSSR count). The molecule has 0 radical (unpaired) electrons. The number of carbonyl (C=O) groups excluding carboxylic acids is 1. The highest BCUT2D eigenvalue weighted by Gasteiger charge is 2.08. The molecule has 2 aromatic rings. The first-order chi connectivity index (χ1) is 11.1. The van der Waals surface area contributed by atoms with Crippen LogP contribution in [-0.4, -0.2) is 19.6 Å². The smallest absolute Gasteiger partial charge is 0.309 e. The monoisotopic (exact) mass is 307 g/mol. The van der Waals surface area contributed by atoms with Gasteiger partial charge in [0.05, 0.1) is 20.1 Å². The quantitative estimate of drug-likeness (QED) is 0.605. The Hall–Kier alpha value is -2.73. The Balaban J connectivity index is 2.14. The van der Waals surface area contributed by atoms with Crippen molar-refractivity contribution in [2.45, 2.75) is 19.9 Å². The number of rotatable bonds is 6. The molecule has 3 heteroatoms. The summed E-state index contributed by atoms with van der Waals surface area (Å²) in [4.78, 5) is 13.5. The third kappa shape index (κ3) is 4.89. The van der Waals surface area contributed by atoms with Crippen molar-refractivity contribution in [2.24, 2.45) is 0 Å². The minimum atomic E-state index is -0.238. The van der Waals surface area contributed by atoms with Crippen LogP contribution in [0.15, 0.2) is 48.5 Å². The van der Waals surface area contributed by atoms with Crippen LogP contribution in [0.25, 0.3) is 0 Å². The lowest BCUT2D eigenvalue weighted by molar-refractivity contribution is -0.139. The summed E-state index contributed by atoms with van der Waals surface area (Å²) in [6, 6.07) is 16.3. The van der Waals surface area contributed by atoms with Gasteiger partial charge in [-0.25, -0.2) is 0 Å². The average Bonchev–Trinajstić information content (AvgIpc) is 2.55. The molecule has 0 fully saturated rings. The van der Waals surface area contributed by atoms with E-state index in [0.717, 1.165) is 17.8 Å². The maximum Gasteiger partial charge on any atom is 0.309 e. The van der Waals surface area contributed by atoms with Gasteiger partial charge in [0.25, 0.3) is 0 Å². The molecule has 0 bridgehead atoms. The number of esters is 1. The van der Waals surface area contributed by atoms with Crippen molar-refractivity contribution in [3.63, 3.8) is 0 Å². The number of terminal acetylenes is 1. The molecule has 118 valence electrons. The predicted molar refractivity (Wildman–Crippen MR) is 93.2 cm³/mol. The number of anilines is 1. The molecule has 2 aromatic carbocycles. The molecule has 0 atom stereocenters. The highest BCUT2D eigenvalue weighted by Crippen LogP contribution is 2.19. The van der Waals surface area contributed by atoms with Gasteiger partial charge in [-0.1, -0.05) is 47.9 Å². The number of nitrogens with zero attached hydrogens (tertiary/aromatic N) is 1. The van der Waals surface area contributed by atoms with Gasteiger partial charge in [-0.15, -0.1) is 6.42 Å². The lowest BCUT2D eigenvalue weighted by atomic mass is 10.1. The van der Waals surface area contributed by atoms with Crippen molar-refractivity contribution in [2.75, 3.05) is 18.6 Å². The number of ether oxygens (including phenoxy) is 1. The number of aryl methyl sites for hydroxylation is 1. The standard InChI is InChI=1S/C20H21NO2/c1-4-12-21(15-18-7-5-6-16(2)13-18)19-10-8-17(9-11-19)14-20(22)23-3/h1,5-11,13H,12,14-15H2,2-3H3. The molecule has 0 saturated heterocycles. The van der Waals surface area contributed by atoms with E-state index in [4.69, 9.17) is 6.42 Å². The van der Waals surface area contributed by atoms with Gasteiger partial charge in [-0.3, -0.25) is 4.79 Å². The fourth-order valence-electron chi connectivity index (χ4n) is 2.44. The van der Waals surface area contributed by atoms with Crippen molar-refractivity contribution >= 4 is 11.7 Å². The molecule has 0 aromatic heterocycles. The van der Waals surface area contributed by atoms with Crippen molar-refractivity contribution in [1.29, 1.82) is 0 Å². The molecule has 0 aliphatic carbocycles. The minimum Gasteiger partial charge on any atom is -0.469 e. The molecular formula is C20H21NO2. The van der Waals surface area contributed by atoms with Gasteiger partial charge < -0.3 is 9.64 Å². The summed E-state index contributed by atoms with van der Waals surface area (Å²) in [5.41, 5.74) is 4.42. The number of hydrogen-bond donors (Lipinski definition) is 0. The second kappa shape index (κ2) is 8.05. The van der Waals surface area contributed by atoms with Gasteiger partial charge in [-0.05, 0) is 30.2 Å². The Morgan fingerprint density at radius 2 is 1.91 bits per heavy atom. The number of carbonyl (C=O) groups is 1. The summed E-state index contributed by atoms with van der Waals surface area (Å²) in [6.07, 6.45) is 5.79. The van der Waals surface area contributed by atoms with Crippen LogP contribution in [0.4, 0.5) is 5.69 Å². The summed E-state index contributed by atoms with van der Waals surface area (Å²) < 4.78 is 4.68. The van der Waals surface area contributed by atoms with E-state index < -0.39 is 0 Å². The largest absolute Gasteiger partial charge is 0.469 e. The molecule has 0 aliphatic heterocycles. The lowest BCUT2D eigenvalue weighted by Crippen LogP contribution is -2.23. The molecule has 0 unspecified atom stereocenters. The van der Waals surface area contributed by atoms with Crippen LogP contribution in [0.2, 0.25) is 0 Å². The average molecular weight is 307 g/mol. The van der Waals surface area contributed by atoms with E-state index in [-0.39, 0.29) is 12.4 Å². The normalized spacial score (nSPS) is 9.96. The van der Waals surface area contributed by atoms with Crippen molar-refractivity contribution in [3.8, 4) is 12.3 Å². The maximum absolute atomic E-state index is 11.3. The zero-order valence-electron chi connectivity index (χ0n) is 13.6. The molecule has 3 nitrogen and oxygen atoms in total. The van der Waals surface area contributed by atoms with Crippen LogP contribution in [0.3, 0.4) is 0 Å². The first-order valence-corrected chi connectivity index (χ1v) is 7.52. The van der Waals surface area contributed by atoms with Gasteiger partial charge >= 0.3 is 5.97 Å². The third-order valence-corrected chi connectivity index (χ3v) is 3.62. The van der Waals surface area contributed by atoms with E-state index in [2.05, 4.69) is 46.7 Å². The lowest BCUT2D eigenvalue weighted by Gasteiger charge is -2.23. The first kappa shape index (κ1) is 16.6. The van der Waals surface area contributed by atoms with Crippen LogP contribution >= 0.6 is 0 Å². The van der Waals surface area contributed by atoms with E-state index >= 15 is 0 Å². The van der Waals surface area contributed by atoms with Gasteiger partial charge in [-0.2, -0.15) is 0 Å². The molecule has 0 saturated carbocycles. The molecule has 23 heavy (non-hydrogen) atoms. The predicted octanol–water partition coefficient (Wildman–Crippen LogP) is 3.35. The zero-order chi connectivity index (χ0) is 16.7. The summed E-state index contributed by atoms with van der Waals surface area (Å²) in [6.45, 7) is 3.36. The van der Waals surface area contributed by atoms with Crippen LogP contribution in [0.5, 0.6) is 0 Å². The van der Waals surface area contributed by atoms with Crippen molar-refractivity contribution in [3.05, 3.63) is 65.2 Å². The molecule has 0 spiro atoms. The fraction of sp³-hybridized carbons (Fsp3) is 0.250. The summed E-state index contributed by atoms with van der Waals surface area (Å²) >= 11 is 0. The van der Waals surface area contributed by atoms with Gasteiger partial charge in [0, 0.05) is 12.2 Å². The highest BCUT2D eigenvalue weighted by molar-refractivity contribution is 5.72. The fourth-order valence-corrected chi connectivity index (χ4v) is 2.44.